The van der Waals surface area contributed by atoms with Crippen molar-refractivity contribution in [2.45, 2.75) is 25.8 Å². The van der Waals surface area contributed by atoms with Crippen LogP contribution in [0.4, 0.5) is 4.79 Å². The Kier molecular flexibility index (Phi) is 8.76. The van der Waals surface area contributed by atoms with Crippen molar-refractivity contribution in [3.8, 4) is 17.2 Å². The van der Waals surface area contributed by atoms with Crippen molar-refractivity contribution < 1.29 is 29.0 Å². The van der Waals surface area contributed by atoms with Crippen LogP contribution in [0.3, 0.4) is 0 Å². The van der Waals surface area contributed by atoms with Gasteiger partial charge < -0.3 is 25.0 Å². The number of hydrogen-bond donors (Lipinski definition) is 2. The first kappa shape index (κ1) is 27.2. The summed E-state index contributed by atoms with van der Waals surface area (Å²) < 4.78 is 6.38. The Morgan fingerprint density at radius 2 is 1.77 bits per heavy atom. The number of carbonyl (C=O) groups excluding carboxylic acids is 3. The molecule has 1 aliphatic rings. The molecule has 3 amide bonds. The van der Waals surface area contributed by atoms with E-state index in [0.29, 0.717) is 5.56 Å². The van der Waals surface area contributed by atoms with Crippen LogP contribution in [0.15, 0.2) is 49.1 Å². The van der Waals surface area contributed by atoms with Crippen molar-refractivity contribution in [2.24, 2.45) is 0 Å². The predicted octanol–water partition coefficient (Wildman–Crippen LogP) is 0.988. The number of aliphatic carboxylic acids is 1. The van der Waals surface area contributed by atoms with Gasteiger partial charge in [0.15, 0.2) is 11.6 Å². The number of nitrogens with one attached hydrogen (secondary N) is 1. The smallest absolute Gasteiger partial charge is 0.409 e. The van der Waals surface area contributed by atoms with Crippen LogP contribution in [-0.2, 0) is 14.3 Å². The van der Waals surface area contributed by atoms with Crippen LogP contribution in [-0.4, -0.2) is 102 Å². The van der Waals surface area contributed by atoms with Gasteiger partial charge in [0.1, 0.15) is 24.4 Å². The molecule has 14 heteroatoms. The molecule has 0 aliphatic carbocycles. The van der Waals surface area contributed by atoms with Crippen molar-refractivity contribution in [2.75, 3.05) is 32.8 Å². The van der Waals surface area contributed by atoms with Crippen LogP contribution in [0.5, 0.6) is 0 Å². The van der Waals surface area contributed by atoms with E-state index in [2.05, 4.69) is 25.4 Å². The van der Waals surface area contributed by atoms with E-state index in [1.54, 1.807) is 19.1 Å². The molecule has 39 heavy (non-hydrogen) atoms. The molecule has 14 nitrogen and oxygen atoms in total. The van der Waals surface area contributed by atoms with Gasteiger partial charge in [0.2, 0.25) is 5.91 Å². The summed E-state index contributed by atoms with van der Waals surface area (Å²) in [6.07, 6.45) is 1.84. The summed E-state index contributed by atoms with van der Waals surface area (Å²) in [6.45, 7) is 2.92. The maximum Gasteiger partial charge on any atom is 0.409 e. The summed E-state index contributed by atoms with van der Waals surface area (Å²) in [5, 5.41) is 16.0. The highest BCUT2D eigenvalue weighted by Gasteiger charge is 2.31. The number of amides is 3. The minimum absolute atomic E-state index is 0.0328. The molecule has 1 aromatic carbocycles. The molecule has 3 aromatic rings. The molecule has 1 saturated heterocycles. The number of hydrogen-bond acceptors (Lipinski definition) is 9. The Bertz CT molecular complexity index is 1310. The molecule has 0 saturated carbocycles. The summed E-state index contributed by atoms with van der Waals surface area (Å²) in [6, 6.07) is 9.32. The number of carboxylic acid groups (broad SMARTS) is 1. The van der Waals surface area contributed by atoms with E-state index >= 15 is 0 Å². The van der Waals surface area contributed by atoms with E-state index in [0.717, 1.165) is 0 Å². The fourth-order valence-electron chi connectivity index (χ4n) is 4.01. The molecule has 0 radical (unpaired) electrons. The Morgan fingerprint density at radius 3 is 2.41 bits per heavy atom. The number of rotatable bonds is 9. The number of benzene rings is 1. The zero-order chi connectivity index (χ0) is 27.8. The average molecular weight is 537 g/mol. The highest BCUT2D eigenvalue weighted by molar-refractivity contribution is 5.97. The van der Waals surface area contributed by atoms with Crippen molar-refractivity contribution >= 4 is 23.9 Å². The van der Waals surface area contributed by atoms with E-state index in [1.165, 1.54) is 33.2 Å². The number of carbonyl (C=O) groups is 4. The molecule has 1 fully saturated rings. The van der Waals surface area contributed by atoms with E-state index in [1.807, 2.05) is 18.2 Å². The fourth-order valence-corrected chi connectivity index (χ4v) is 4.01. The van der Waals surface area contributed by atoms with Crippen LogP contribution in [0.1, 0.15) is 30.3 Å². The predicted molar refractivity (Wildman–Crippen MR) is 136 cm³/mol. The molecule has 2 N–H and O–H groups in total. The first-order valence-corrected chi connectivity index (χ1v) is 12.4. The van der Waals surface area contributed by atoms with Crippen molar-refractivity contribution in [1.29, 1.82) is 0 Å². The van der Waals surface area contributed by atoms with Gasteiger partial charge in [-0.3, -0.25) is 14.4 Å². The lowest BCUT2D eigenvalue weighted by molar-refractivity contribution is -0.138. The van der Waals surface area contributed by atoms with Gasteiger partial charge in [-0.05, 0) is 13.3 Å². The van der Waals surface area contributed by atoms with E-state index in [9.17, 15) is 24.3 Å². The Morgan fingerprint density at radius 1 is 1.05 bits per heavy atom. The Hall–Kier alpha value is -4.88. The number of nitrogens with zero attached hydrogens (tertiary/aromatic N) is 7. The van der Waals surface area contributed by atoms with Gasteiger partial charge in [0.25, 0.3) is 5.91 Å². The van der Waals surface area contributed by atoms with Gasteiger partial charge in [-0.2, -0.15) is 5.10 Å². The van der Waals surface area contributed by atoms with Gasteiger partial charge in [0, 0.05) is 44.2 Å². The third kappa shape index (κ3) is 6.91. The third-order valence-corrected chi connectivity index (χ3v) is 6.00. The van der Waals surface area contributed by atoms with Gasteiger partial charge in [-0.15, -0.1) is 0 Å². The molecule has 4 rings (SSSR count). The van der Waals surface area contributed by atoms with E-state index in [4.69, 9.17) is 4.74 Å². The Balaban J connectivity index is 1.55. The number of aromatic nitrogens is 5. The van der Waals surface area contributed by atoms with Crippen molar-refractivity contribution in [3.05, 3.63) is 54.7 Å². The van der Waals surface area contributed by atoms with Crippen LogP contribution in [0.25, 0.3) is 17.2 Å². The zero-order valence-corrected chi connectivity index (χ0v) is 21.3. The van der Waals surface area contributed by atoms with Crippen LogP contribution in [0.2, 0.25) is 0 Å². The third-order valence-electron chi connectivity index (χ3n) is 6.00. The average Bonchev–Trinajstić information content (AvgIpc) is 3.50. The van der Waals surface area contributed by atoms with E-state index < -0.39 is 29.9 Å². The normalized spacial score (nSPS) is 14.0. The van der Waals surface area contributed by atoms with Crippen molar-refractivity contribution in [3.63, 3.8) is 0 Å². The molecule has 3 heterocycles. The first-order valence-electron chi connectivity index (χ1n) is 12.4. The lowest BCUT2D eigenvalue weighted by Crippen LogP contribution is -2.56. The lowest BCUT2D eigenvalue weighted by Gasteiger charge is -2.35. The molecule has 1 unspecified atom stereocenters. The molecule has 2 aromatic heterocycles. The molecular formula is C25H28N8O6. The minimum atomic E-state index is -1.12. The summed E-state index contributed by atoms with van der Waals surface area (Å²) in [7, 11) is 0. The van der Waals surface area contributed by atoms with E-state index in [-0.39, 0.29) is 63.0 Å². The Labute approximate surface area is 223 Å². The SMILES string of the molecule is CCOC(=O)N1CCN(C(=O)C(CCC(=O)O)NC(=O)c2cc(-n3cncn3)nc(-c3ccccc3)n2)CC1. The maximum absolute atomic E-state index is 13.4. The van der Waals surface area contributed by atoms with Crippen LogP contribution in [0, 0.1) is 0 Å². The summed E-state index contributed by atoms with van der Waals surface area (Å²) >= 11 is 0. The highest BCUT2D eigenvalue weighted by Crippen LogP contribution is 2.18. The molecule has 204 valence electrons. The molecule has 0 bridgehead atoms. The van der Waals surface area contributed by atoms with Gasteiger partial charge in [-0.1, -0.05) is 30.3 Å². The first-order chi connectivity index (χ1) is 18.9. The molecular weight excluding hydrogens is 508 g/mol. The second-order valence-corrected chi connectivity index (χ2v) is 8.61. The summed E-state index contributed by atoms with van der Waals surface area (Å²) in [4.78, 5) is 65.8. The van der Waals surface area contributed by atoms with Gasteiger partial charge >= 0.3 is 12.1 Å². The number of ether oxygens (including phenoxy) is 1. The fraction of sp³-hybridized carbons (Fsp3) is 0.360. The quantitative estimate of drug-likeness (QED) is 0.401. The number of carboxylic acids is 1. The monoisotopic (exact) mass is 536 g/mol. The van der Waals surface area contributed by atoms with Gasteiger partial charge in [-0.25, -0.2) is 24.4 Å². The largest absolute Gasteiger partial charge is 0.481 e. The van der Waals surface area contributed by atoms with Crippen LogP contribution >= 0.6 is 0 Å². The second kappa shape index (κ2) is 12.6. The zero-order valence-electron chi connectivity index (χ0n) is 21.3. The maximum atomic E-state index is 13.4. The lowest BCUT2D eigenvalue weighted by atomic mass is 10.1. The summed E-state index contributed by atoms with van der Waals surface area (Å²) in [5.74, 6) is -1.67. The van der Waals surface area contributed by atoms with Crippen LogP contribution < -0.4 is 5.32 Å². The van der Waals surface area contributed by atoms with Crippen molar-refractivity contribution in [1.82, 2.24) is 39.8 Å². The highest BCUT2D eigenvalue weighted by atomic mass is 16.6. The topological polar surface area (TPSA) is 173 Å². The summed E-state index contributed by atoms with van der Waals surface area (Å²) in [5.41, 5.74) is 0.626. The number of piperazine rings is 1. The second-order valence-electron chi connectivity index (χ2n) is 8.61. The molecule has 1 atom stereocenters. The standard InChI is InChI=1S/C25H28N8O6/c1-2-39-25(38)32-12-10-31(11-13-32)24(37)18(8-9-21(34)35)29-23(36)19-14-20(33-16-26-15-27-33)30-22(28-19)17-6-4-3-5-7-17/h3-7,14-16,18H,2,8-13H2,1H3,(H,29,36)(H,34,35). The van der Waals surface area contributed by atoms with Gasteiger partial charge in [0.05, 0.1) is 6.61 Å². The molecule has 0 spiro atoms. The minimum Gasteiger partial charge on any atom is -0.481 e. The molecule has 1 aliphatic heterocycles.